The van der Waals surface area contributed by atoms with Crippen molar-refractivity contribution in [1.29, 1.82) is 0 Å². The lowest BCUT2D eigenvalue weighted by molar-refractivity contribution is 0.414. The van der Waals surface area contributed by atoms with E-state index < -0.39 is 0 Å². The first-order chi connectivity index (χ1) is 9.24. The second-order valence-corrected chi connectivity index (χ2v) is 5.58. The fourth-order valence-electron chi connectivity index (χ4n) is 2.35. The first-order valence-electron chi connectivity index (χ1n) is 6.64. The minimum absolute atomic E-state index is 0.462. The van der Waals surface area contributed by atoms with E-state index in [-0.39, 0.29) is 0 Å². The average molecular weight is 319 g/mol. The number of benzene rings is 2. The first kappa shape index (κ1) is 14.1. The monoisotopic (exact) mass is 318 g/mol. The maximum atomic E-state index is 5.22. The minimum Gasteiger partial charge on any atom is -0.497 e. The topological polar surface area (TPSA) is 9.23 Å². The molecule has 19 heavy (non-hydrogen) atoms. The molecule has 0 aliphatic heterocycles. The lowest BCUT2D eigenvalue weighted by Crippen LogP contribution is -2.00. The van der Waals surface area contributed by atoms with E-state index in [9.17, 15) is 0 Å². The van der Waals surface area contributed by atoms with Crippen molar-refractivity contribution in [3.05, 3.63) is 64.1 Å². The highest BCUT2D eigenvalue weighted by Crippen LogP contribution is 2.31. The van der Waals surface area contributed by atoms with E-state index in [1.54, 1.807) is 7.11 Å². The van der Waals surface area contributed by atoms with Crippen molar-refractivity contribution in [1.82, 2.24) is 0 Å². The molecule has 0 aliphatic rings. The molecule has 0 N–H and O–H groups in total. The van der Waals surface area contributed by atoms with Crippen LogP contribution in [0, 0.1) is 0 Å². The lowest BCUT2D eigenvalue weighted by Gasteiger charge is -2.17. The van der Waals surface area contributed by atoms with Gasteiger partial charge in [0.25, 0.3) is 0 Å². The van der Waals surface area contributed by atoms with E-state index in [1.165, 1.54) is 17.5 Å². The molecule has 1 nitrogen and oxygen atoms in total. The number of hydrogen-bond acceptors (Lipinski definition) is 1. The Kier molecular flexibility index (Phi) is 5.03. The molecule has 0 bridgehead atoms. The molecule has 2 aromatic carbocycles. The van der Waals surface area contributed by atoms with Crippen molar-refractivity contribution in [3.8, 4) is 5.75 Å². The van der Waals surface area contributed by atoms with Crippen molar-refractivity contribution >= 4 is 15.9 Å². The Morgan fingerprint density at radius 3 is 1.95 bits per heavy atom. The summed E-state index contributed by atoms with van der Waals surface area (Å²) < 4.78 is 6.35. The third kappa shape index (κ3) is 3.60. The minimum atomic E-state index is 0.462. The fourth-order valence-corrected chi connectivity index (χ4v) is 2.61. The van der Waals surface area contributed by atoms with Crippen molar-refractivity contribution in [2.24, 2.45) is 0 Å². The Balaban J connectivity index is 2.30. The summed E-state index contributed by atoms with van der Waals surface area (Å²) >= 11 is 3.49. The van der Waals surface area contributed by atoms with Gasteiger partial charge in [0.1, 0.15) is 5.75 Å². The van der Waals surface area contributed by atoms with E-state index in [0.717, 1.165) is 16.6 Å². The smallest absolute Gasteiger partial charge is 0.118 e. The highest BCUT2D eigenvalue weighted by Gasteiger charge is 2.13. The normalized spacial score (nSPS) is 12.2. The zero-order chi connectivity index (χ0) is 13.7. The lowest BCUT2D eigenvalue weighted by atomic mass is 9.88. The molecule has 0 amide bonds. The Morgan fingerprint density at radius 2 is 1.47 bits per heavy atom. The number of rotatable bonds is 5. The van der Waals surface area contributed by atoms with Crippen LogP contribution in [-0.2, 0) is 0 Å². The van der Waals surface area contributed by atoms with Crippen molar-refractivity contribution in [2.45, 2.75) is 25.7 Å². The largest absolute Gasteiger partial charge is 0.497 e. The van der Waals surface area contributed by atoms with Crippen LogP contribution in [0.15, 0.2) is 53.0 Å². The van der Waals surface area contributed by atoms with Gasteiger partial charge in [0.15, 0.2) is 0 Å². The summed E-state index contributed by atoms with van der Waals surface area (Å²) in [5.74, 6) is 1.37. The number of hydrogen-bond donors (Lipinski definition) is 0. The summed E-state index contributed by atoms with van der Waals surface area (Å²) in [4.78, 5) is 0. The van der Waals surface area contributed by atoms with Gasteiger partial charge in [-0.25, -0.2) is 0 Å². The summed E-state index contributed by atoms with van der Waals surface area (Å²) in [6, 6.07) is 17.0. The van der Waals surface area contributed by atoms with Crippen LogP contribution in [0.25, 0.3) is 0 Å². The molecule has 0 radical (unpaired) electrons. The number of methoxy groups -OCH3 is 1. The predicted molar refractivity (Wildman–Crippen MR) is 83.9 cm³/mol. The predicted octanol–water partition coefficient (Wildman–Crippen LogP) is 5.39. The molecule has 0 saturated carbocycles. The van der Waals surface area contributed by atoms with Crippen molar-refractivity contribution in [3.63, 3.8) is 0 Å². The van der Waals surface area contributed by atoms with Gasteiger partial charge >= 0.3 is 0 Å². The Morgan fingerprint density at radius 1 is 0.947 bits per heavy atom. The highest BCUT2D eigenvalue weighted by atomic mass is 79.9. The molecule has 0 heterocycles. The zero-order valence-electron chi connectivity index (χ0n) is 11.4. The van der Waals surface area contributed by atoms with E-state index in [1.807, 2.05) is 12.1 Å². The molecule has 0 aromatic heterocycles. The van der Waals surface area contributed by atoms with Gasteiger partial charge in [-0.2, -0.15) is 0 Å². The van der Waals surface area contributed by atoms with Crippen molar-refractivity contribution in [2.75, 3.05) is 7.11 Å². The summed E-state index contributed by atoms with van der Waals surface area (Å²) in [7, 11) is 1.70. The van der Waals surface area contributed by atoms with Crippen LogP contribution >= 0.6 is 15.9 Å². The summed E-state index contributed by atoms with van der Waals surface area (Å²) in [5.41, 5.74) is 2.72. The second-order valence-electron chi connectivity index (χ2n) is 4.67. The molecule has 0 aliphatic carbocycles. The number of ether oxygens (including phenoxy) is 1. The Labute approximate surface area is 123 Å². The van der Waals surface area contributed by atoms with Crippen LogP contribution in [0.5, 0.6) is 5.75 Å². The maximum absolute atomic E-state index is 5.22. The van der Waals surface area contributed by atoms with Gasteiger partial charge in [0.2, 0.25) is 0 Å². The highest BCUT2D eigenvalue weighted by molar-refractivity contribution is 9.10. The van der Waals surface area contributed by atoms with Crippen LogP contribution in [0.2, 0.25) is 0 Å². The fraction of sp³-hybridized carbons (Fsp3) is 0.294. The SMILES string of the molecule is CCCC(c1ccc(Br)cc1)c1ccc(OC)cc1. The molecular formula is C17H19BrO. The summed E-state index contributed by atoms with van der Waals surface area (Å²) in [6.45, 7) is 2.23. The molecule has 1 atom stereocenters. The average Bonchev–Trinajstić information content (AvgIpc) is 2.46. The maximum Gasteiger partial charge on any atom is 0.118 e. The Hall–Kier alpha value is -1.28. The molecule has 2 rings (SSSR count). The van der Waals surface area contributed by atoms with Gasteiger partial charge in [-0.3, -0.25) is 0 Å². The van der Waals surface area contributed by atoms with Gasteiger partial charge in [0.05, 0.1) is 7.11 Å². The van der Waals surface area contributed by atoms with Gasteiger partial charge in [-0.15, -0.1) is 0 Å². The Bertz CT molecular complexity index is 502. The van der Waals surface area contributed by atoms with Crippen LogP contribution < -0.4 is 4.74 Å². The quantitative estimate of drug-likeness (QED) is 0.718. The van der Waals surface area contributed by atoms with Gasteiger partial charge in [-0.1, -0.05) is 53.5 Å². The molecule has 1 unspecified atom stereocenters. The molecule has 100 valence electrons. The summed E-state index contributed by atoms with van der Waals surface area (Å²) in [6.07, 6.45) is 2.33. The van der Waals surface area contributed by atoms with E-state index in [4.69, 9.17) is 4.74 Å². The van der Waals surface area contributed by atoms with Crippen LogP contribution in [0.3, 0.4) is 0 Å². The van der Waals surface area contributed by atoms with Gasteiger partial charge in [0, 0.05) is 10.4 Å². The standard InChI is InChI=1S/C17H19BrO/c1-3-4-17(13-5-9-15(18)10-6-13)14-7-11-16(19-2)12-8-14/h5-12,17H,3-4H2,1-2H3. The molecular weight excluding hydrogens is 300 g/mol. The zero-order valence-corrected chi connectivity index (χ0v) is 13.0. The second kappa shape index (κ2) is 6.76. The van der Waals surface area contributed by atoms with Crippen molar-refractivity contribution < 1.29 is 4.74 Å². The van der Waals surface area contributed by atoms with E-state index in [2.05, 4.69) is 59.3 Å². The van der Waals surface area contributed by atoms with E-state index in [0.29, 0.717) is 5.92 Å². The van der Waals surface area contributed by atoms with Gasteiger partial charge < -0.3 is 4.74 Å². The third-order valence-electron chi connectivity index (χ3n) is 3.37. The molecule has 0 spiro atoms. The summed E-state index contributed by atoms with van der Waals surface area (Å²) in [5, 5.41) is 0. The molecule has 0 saturated heterocycles. The molecule has 0 fully saturated rings. The van der Waals surface area contributed by atoms with Crippen LogP contribution in [0.4, 0.5) is 0 Å². The molecule has 2 aromatic rings. The third-order valence-corrected chi connectivity index (χ3v) is 3.90. The molecule has 2 heteroatoms. The van der Waals surface area contributed by atoms with Crippen LogP contribution in [-0.4, -0.2) is 7.11 Å². The van der Waals surface area contributed by atoms with Gasteiger partial charge in [-0.05, 0) is 41.8 Å². The first-order valence-corrected chi connectivity index (χ1v) is 7.43. The number of halogens is 1. The van der Waals surface area contributed by atoms with E-state index >= 15 is 0 Å². The van der Waals surface area contributed by atoms with Crippen LogP contribution in [0.1, 0.15) is 36.8 Å².